The summed E-state index contributed by atoms with van der Waals surface area (Å²) in [4.78, 5) is 11.9. The molecular weight excluding hydrogens is 335 g/mol. The second-order valence-electron chi connectivity index (χ2n) is 5.08. The van der Waals surface area contributed by atoms with Crippen LogP contribution in [0.3, 0.4) is 0 Å². The minimum absolute atomic E-state index is 0.459. The molecule has 7 heteroatoms. The minimum atomic E-state index is 0.459. The van der Waals surface area contributed by atoms with Crippen LogP contribution in [0.4, 0.5) is 0 Å². The van der Waals surface area contributed by atoms with Crippen molar-refractivity contribution in [2.75, 3.05) is 0 Å². The van der Waals surface area contributed by atoms with Gasteiger partial charge in [0.1, 0.15) is 5.52 Å². The molecule has 0 aliphatic heterocycles. The molecule has 3 aromatic heterocycles. The number of aromatic nitrogens is 4. The zero-order chi connectivity index (χ0) is 16.0. The van der Waals surface area contributed by atoms with Gasteiger partial charge in [0.05, 0.1) is 39.3 Å². The predicted octanol–water partition coefficient (Wildman–Crippen LogP) is 4.90. The molecule has 0 saturated carbocycles. The number of hydrogen-bond acceptors (Lipinski definition) is 4. The quantitative estimate of drug-likeness (QED) is 0.561. The fourth-order valence-electron chi connectivity index (χ4n) is 2.49. The smallest absolute Gasteiger partial charge is 0.178 e. The lowest BCUT2D eigenvalue weighted by molar-refractivity contribution is 0.433. The first kappa shape index (κ1) is 14.2. The van der Waals surface area contributed by atoms with E-state index in [1.807, 2.05) is 19.1 Å². The Labute approximate surface area is 141 Å². The van der Waals surface area contributed by atoms with Crippen LogP contribution in [0.25, 0.3) is 33.6 Å². The Morgan fingerprint density at radius 2 is 1.96 bits per heavy atom. The summed E-state index contributed by atoms with van der Waals surface area (Å²) in [6.45, 7) is 1.89. The van der Waals surface area contributed by atoms with Gasteiger partial charge in [-0.25, -0.2) is 9.97 Å². The number of rotatable bonds is 2. The number of fused-ring (bicyclic) bond motifs is 1. The molecule has 0 saturated heterocycles. The molecule has 114 valence electrons. The van der Waals surface area contributed by atoms with Crippen LogP contribution < -0.4 is 0 Å². The monoisotopic (exact) mass is 344 g/mol. The highest BCUT2D eigenvalue weighted by atomic mass is 35.5. The zero-order valence-electron chi connectivity index (χ0n) is 12.0. The van der Waals surface area contributed by atoms with Crippen molar-refractivity contribution in [1.29, 1.82) is 0 Å². The van der Waals surface area contributed by atoms with Gasteiger partial charge in [0.25, 0.3) is 0 Å². The number of halogens is 2. The molecule has 23 heavy (non-hydrogen) atoms. The Balaban J connectivity index is 1.96. The highest BCUT2D eigenvalue weighted by Crippen LogP contribution is 2.40. The van der Waals surface area contributed by atoms with Crippen molar-refractivity contribution in [2.45, 2.75) is 6.92 Å². The second kappa shape index (κ2) is 5.37. The summed E-state index contributed by atoms with van der Waals surface area (Å²) in [5, 5.41) is 4.85. The highest BCUT2D eigenvalue weighted by Gasteiger charge is 2.20. The summed E-state index contributed by atoms with van der Waals surface area (Å²) in [5.41, 5.74) is 4.51. The molecule has 0 amide bonds. The number of aryl methyl sites for hydroxylation is 1. The first-order valence-corrected chi connectivity index (χ1v) is 7.61. The topological polar surface area (TPSA) is 67.6 Å². The molecular formula is C16H10Cl2N4O. The van der Waals surface area contributed by atoms with Crippen molar-refractivity contribution in [1.82, 2.24) is 20.1 Å². The van der Waals surface area contributed by atoms with E-state index in [-0.39, 0.29) is 0 Å². The number of hydrogen-bond donors (Lipinski definition) is 1. The molecule has 0 unspecified atom stereocenters. The third kappa shape index (κ3) is 2.29. The number of H-pyrrole nitrogens is 1. The van der Waals surface area contributed by atoms with Crippen molar-refractivity contribution in [3.05, 3.63) is 52.5 Å². The van der Waals surface area contributed by atoms with E-state index >= 15 is 0 Å². The fourth-order valence-corrected chi connectivity index (χ4v) is 2.89. The molecule has 0 spiro atoms. The standard InChI is InChI=1S/C16H10Cl2N4O/c1-8-5-19-16-14(22-8)11(6-20-16)15-10(7-21-23-15)9-3-2-4-12(17)13(9)18/h2-7H,1H3,(H,19,20). The molecule has 0 bridgehead atoms. The molecule has 1 aromatic carbocycles. The number of nitrogens with one attached hydrogen (secondary N) is 1. The molecule has 0 aliphatic carbocycles. The number of aromatic amines is 1. The van der Waals surface area contributed by atoms with E-state index in [1.54, 1.807) is 24.7 Å². The first-order valence-electron chi connectivity index (χ1n) is 6.85. The summed E-state index contributed by atoms with van der Waals surface area (Å²) in [7, 11) is 0. The zero-order valence-corrected chi connectivity index (χ0v) is 13.5. The number of nitrogens with zero attached hydrogens (tertiary/aromatic N) is 3. The van der Waals surface area contributed by atoms with Crippen molar-refractivity contribution in [3.8, 4) is 22.5 Å². The SMILES string of the molecule is Cc1cnc2[nH]cc(-c3oncc3-c3cccc(Cl)c3Cl)c2n1. The van der Waals surface area contributed by atoms with Gasteiger partial charge >= 0.3 is 0 Å². The van der Waals surface area contributed by atoms with Crippen LogP contribution in [0.2, 0.25) is 10.0 Å². The first-order chi connectivity index (χ1) is 11.1. The molecule has 0 atom stereocenters. The van der Waals surface area contributed by atoms with Gasteiger partial charge in [0.15, 0.2) is 11.4 Å². The third-order valence-corrected chi connectivity index (χ3v) is 4.38. The van der Waals surface area contributed by atoms with Gasteiger partial charge in [-0.3, -0.25) is 0 Å². The van der Waals surface area contributed by atoms with Crippen LogP contribution in [0.15, 0.2) is 41.3 Å². The van der Waals surface area contributed by atoms with Crippen LogP contribution in [0.1, 0.15) is 5.69 Å². The Hall–Kier alpha value is -2.37. The Morgan fingerprint density at radius 1 is 1.09 bits per heavy atom. The summed E-state index contributed by atoms with van der Waals surface area (Å²) in [5.74, 6) is 0.570. The lowest BCUT2D eigenvalue weighted by Crippen LogP contribution is -1.86. The molecule has 3 heterocycles. The molecule has 0 aliphatic rings. The van der Waals surface area contributed by atoms with E-state index in [0.29, 0.717) is 21.5 Å². The summed E-state index contributed by atoms with van der Waals surface area (Å²) < 4.78 is 5.47. The third-order valence-electron chi connectivity index (χ3n) is 3.56. The fraction of sp³-hybridized carbons (Fsp3) is 0.0625. The van der Waals surface area contributed by atoms with Crippen molar-refractivity contribution in [2.24, 2.45) is 0 Å². The van der Waals surface area contributed by atoms with Gasteiger partial charge in [-0.1, -0.05) is 40.5 Å². The van der Waals surface area contributed by atoms with Gasteiger partial charge in [0.2, 0.25) is 0 Å². The maximum Gasteiger partial charge on any atom is 0.178 e. The molecule has 0 radical (unpaired) electrons. The van der Waals surface area contributed by atoms with Gasteiger partial charge in [-0.15, -0.1) is 0 Å². The van der Waals surface area contributed by atoms with Crippen LogP contribution in [-0.2, 0) is 0 Å². The maximum atomic E-state index is 6.32. The maximum absolute atomic E-state index is 6.32. The van der Waals surface area contributed by atoms with E-state index in [1.165, 1.54) is 0 Å². The summed E-state index contributed by atoms with van der Waals surface area (Å²) in [6.07, 6.45) is 5.12. The normalized spacial score (nSPS) is 11.3. The Bertz CT molecular complexity index is 1020. The van der Waals surface area contributed by atoms with Gasteiger partial charge in [-0.05, 0) is 13.0 Å². The second-order valence-corrected chi connectivity index (χ2v) is 5.87. The van der Waals surface area contributed by atoms with Crippen molar-refractivity contribution < 1.29 is 4.52 Å². The van der Waals surface area contributed by atoms with Crippen LogP contribution >= 0.6 is 23.2 Å². The molecule has 1 N–H and O–H groups in total. The average Bonchev–Trinajstić information content (AvgIpc) is 3.15. The van der Waals surface area contributed by atoms with E-state index in [9.17, 15) is 0 Å². The number of benzene rings is 1. The molecule has 4 aromatic rings. The van der Waals surface area contributed by atoms with Gasteiger partial charge < -0.3 is 9.51 Å². The largest absolute Gasteiger partial charge is 0.355 e. The van der Waals surface area contributed by atoms with Gasteiger partial charge in [-0.2, -0.15) is 0 Å². The van der Waals surface area contributed by atoms with Crippen LogP contribution in [-0.4, -0.2) is 20.1 Å². The lowest BCUT2D eigenvalue weighted by atomic mass is 10.0. The van der Waals surface area contributed by atoms with Crippen molar-refractivity contribution in [3.63, 3.8) is 0 Å². The van der Waals surface area contributed by atoms with Crippen molar-refractivity contribution >= 4 is 34.4 Å². The molecule has 5 nitrogen and oxygen atoms in total. The van der Waals surface area contributed by atoms with E-state index in [0.717, 1.165) is 27.9 Å². The van der Waals surface area contributed by atoms with E-state index in [4.69, 9.17) is 27.7 Å². The minimum Gasteiger partial charge on any atom is -0.355 e. The lowest BCUT2D eigenvalue weighted by Gasteiger charge is -2.04. The molecule has 4 rings (SSSR count). The van der Waals surface area contributed by atoms with Gasteiger partial charge in [0, 0.05) is 11.8 Å². The van der Waals surface area contributed by atoms with Crippen LogP contribution in [0, 0.1) is 6.92 Å². The average molecular weight is 345 g/mol. The van der Waals surface area contributed by atoms with E-state index in [2.05, 4.69) is 20.1 Å². The molecule has 0 fully saturated rings. The summed E-state index contributed by atoms with van der Waals surface area (Å²) >= 11 is 12.4. The Morgan fingerprint density at radius 3 is 2.83 bits per heavy atom. The Kier molecular flexibility index (Phi) is 3.32. The summed E-state index contributed by atoms with van der Waals surface area (Å²) in [6, 6.07) is 5.44. The predicted molar refractivity (Wildman–Crippen MR) is 89.6 cm³/mol. The van der Waals surface area contributed by atoms with E-state index < -0.39 is 0 Å². The highest BCUT2D eigenvalue weighted by molar-refractivity contribution is 6.43. The van der Waals surface area contributed by atoms with Crippen LogP contribution in [0.5, 0.6) is 0 Å².